The Morgan fingerprint density at radius 2 is 2.20 bits per heavy atom. The van der Waals surface area contributed by atoms with Crippen molar-refractivity contribution in [2.75, 3.05) is 0 Å². The van der Waals surface area contributed by atoms with E-state index in [4.69, 9.17) is 4.74 Å². The van der Waals surface area contributed by atoms with Crippen molar-refractivity contribution in [2.24, 2.45) is 5.92 Å². The maximum absolute atomic E-state index is 13.0. The molecule has 1 aromatic heterocycles. The third-order valence-corrected chi connectivity index (χ3v) is 3.16. The number of benzene rings is 1. The Bertz CT molecular complexity index is 670. The van der Waals surface area contributed by atoms with Crippen LogP contribution in [0.1, 0.15) is 13.8 Å². The zero-order valence-electron chi connectivity index (χ0n) is 11.1. The Hall–Kier alpha value is -1.69. The average molecular weight is 341 g/mol. The van der Waals surface area contributed by atoms with E-state index in [9.17, 15) is 9.18 Å². The van der Waals surface area contributed by atoms with Crippen molar-refractivity contribution >= 4 is 15.9 Å². The minimum absolute atomic E-state index is 0.0274. The largest absolute Gasteiger partial charge is 0.433 e. The highest BCUT2D eigenvalue weighted by Gasteiger charge is 2.11. The number of halogens is 2. The van der Waals surface area contributed by atoms with Crippen molar-refractivity contribution in [2.45, 2.75) is 20.4 Å². The summed E-state index contributed by atoms with van der Waals surface area (Å²) in [6.07, 6.45) is 3.13. The molecule has 0 N–H and O–H groups in total. The second kappa shape index (κ2) is 6.17. The molecule has 0 atom stereocenters. The molecule has 20 heavy (non-hydrogen) atoms. The molecule has 0 fully saturated rings. The SMILES string of the molecule is CC(C)Cn1ccnc(Oc2ccc(F)cc2Br)c1=O. The summed E-state index contributed by atoms with van der Waals surface area (Å²) in [7, 11) is 0. The Labute approximate surface area is 124 Å². The van der Waals surface area contributed by atoms with Crippen LogP contribution < -0.4 is 10.3 Å². The van der Waals surface area contributed by atoms with Gasteiger partial charge in [-0.3, -0.25) is 4.79 Å². The number of rotatable bonds is 4. The molecule has 0 saturated heterocycles. The van der Waals surface area contributed by atoms with Crippen LogP contribution in [0.2, 0.25) is 0 Å². The minimum atomic E-state index is -0.387. The first-order valence-corrected chi connectivity index (χ1v) is 6.95. The van der Waals surface area contributed by atoms with Crippen molar-refractivity contribution < 1.29 is 9.13 Å². The summed E-state index contributed by atoms with van der Waals surface area (Å²) in [6.45, 7) is 4.62. The molecular weight excluding hydrogens is 327 g/mol. The summed E-state index contributed by atoms with van der Waals surface area (Å²) in [5, 5.41) is 0. The van der Waals surface area contributed by atoms with Gasteiger partial charge in [0.1, 0.15) is 11.6 Å². The van der Waals surface area contributed by atoms with Crippen molar-refractivity contribution in [1.29, 1.82) is 0 Å². The van der Waals surface area contributed by atoms with Gasteiger partial charge in [0.05, 0.1) is 4.47 Å². The van der Waals surface area contributed by atoms with E-state index in [0.29, 0.717) is 22.7 Å². The lowest BCUT2D eigenvalue weighted by molar-refractivity contribution is 0.429. The molecule has 0 aliphatic rings. The highest BCUT2D eigenvalue weighted by Crippen LogP contribution is 2.28. The quantitative estimate of drug-likeness (QED) is 0.854. The van der Waals surface area contributed by atoms with E-state index in [2.05, 4.69) is 20.9 Å². The molecule has 0 unspecified atom stereocenters. The fourth-order valence-electron chi connectivity index (χ4n) is 1.70. The summed E-state index contributed by atoms with van der Waals surface area (Å²) < 4.78 is 20.4. The van der Waals surface area contributed by atoms with Gasteiger partial charge in [0, 0.05) is 18.9 Å². The highest BCUT2D eigenvalue weighted by molar-refractivity contribution is 9.10. The number of hydrogen-bond acceptors (Lipinski definition) is 3. The second-order valence-electron chi connectivity index (χ2n) is 4.76. The van der Waals surface area contributed by atoms with Crippen molar-refractivity contribution in [3.05, 3.63) is 51.2 Å². The third-order valence-electron chi connectivity index (χ3n) is 2.54. The van der Waals surface area contributed by atoms with Crippen LogP contribution in [0.15, 0.2) is 39.9 Å². The van der Waals surface area contributed by atoms with Crippen LogP contribution >= 0.6 is 15.9 Å². The van der Waals surface area contributed by atoms with Crippen LogP contribution in [-0.2, 0) is 6.54 Å². The summed E-state index contributed by atoms with van der Waals surface area (Å²) in [5.74, 6) is 0.265. The van der Waals surface area contributed by atoms with Gasteiger partial charge in [0.2, 0.25) is 0 Å². The first-order valence-electron chi connectivity index (χ1n) is 6.15. The molecule has 0 bridgehead atoms. The second-order valence-corrected chi connectivity index (χ2v) is 5.61. The van der Waals surface area contributed by atoms with Gasteiger partial charge in [-0.1, -0.05) is 13.8 Å². The van der Waals surface area contributed by atoms with Crippen LogP contribution in [0, 0.1) is 11.7 Å². The Morgan fingerprint density at radius 3 is 2.85 bits per heavy atom. The molecule has 0 radical (unpaired) electrons. The van der Waals surface area contributed by atoms with Gasteiger partial charge in [-0.05, 0) is 40.0 Å². The fourth-order valence-corrected chi connectivity index (χ4v) is 2.13. The normalized spacial score (nSPS) is 10.8. The van der Waals surface area contributed by atoms with Crippen LogP contribution in [0.4, 0.5) is 4.39 Å². The van der Waals surface area contributed by atoms with Crippen LogP contribution in [0.25, 0.3) is 0 Å². The van der Waals surface area contributed by atoms with Crippen molar-refractivity contribution in [3.8, 4) is 11.6 Å². The lowest BCUT2D eigenvalue weighted by Crippen LogP contribution is -2.23. The van der Waals surface area contributed by atoms with E-state index in [-0.39, 0.29) is 17.3 Å². The van der Waals surface area contributed by atoms with Crippen molar-refractivity contribution in [3.63, 3.8) is 0 Å². The molecule has 2 aromatic rings. The maximum atomic E-state index is 13.0. The van der Waals surface area contributed by atoms with Crippen molar-refractivity contribution in [1.82, 2.24) is 9.55 Å². The smallest absolute Gasteiger partial charge is 0.313 e. The van der Waals surface area contributed by atoms with E-state index >= 15 is 0 Å². The van der Waals surface area contributed by atoms with Crippen LogP contribution in [0.3, 0.4) is 0 Å². The highest BCUT2D eigenvalue weighted by atomic mass is 79.9. The number of nitrogens with zero attached hydrogens (tertiary/aromatic N) is 2. The average Bonchev–Trinajstić information content (AvgIpc) is 2.36. The lowest BCUT2D eigenvalue weighted by Gasteiger charge is -2.10. The third kappa shape index (κ3) is 3.45. The van der Waals surface area contributed by atoms with E-state index in [1.807, 2.05) is 13.8 Å². The predicted molar refractivity (Wildman–Crippen MR) is 77.5 cm³/mol. The summed E-state index contributed by atoms with van der Waals surface area (Å²) in [6, 6.07) is 3.97. The zero-order chi connectivity index (χ0) is 14.7. The van der Waals surface area contributed by atoms with Gasteiger partial charge < -0.3 is 9.30 Å². The molecular formula is C14H14BrFN2O2. The van der Waals surface area contributed by atoms with E-state index in [1.165, 1.54) is 24.4 Å². The molecule has 1 aromatic carbocycles. The number of ether oxygens (including phenoxy) is 1. The lowest BCUT2D eigenvalue weighted by atomic mass is 10.2. The molecule has 4 nitrogen and oxygen atoms in total. The van der Waals surface area contributed by atoms with E-state index in [0.717, 1.165) is 0 Å². The number of aromatic nitrogens is 2. The van der Waals surface area contributed by atoms with Gasteiger partial charge in [-0.2, -0.15) is 0 Å². The summed E-state index contributed by atoms with van der Waals surface area (Å²) in [5.41, 5.74) is -0.308. The predicted octanol–water partition coefficient (Wildman–Crippen LogP) is 3.59. The molecule has 6 heteroatoms. The molecule has 0 amide bonds. The van der Waals surface area contributed by atoms with E-state index in [1.54, 1.807) is 10.8 Å². The Morgan fingerprint density at radius 1 is 1.45 bits per heavy atom. The Balaban J connectivity index is 2.32. The molecule has 1 heterocycles. The zero-order valence-corrected chi connectivity index (χ0v) is 12.7. The maximum Gasteiger partial charge on any atom is 0.313 e. The minimum Gasteiger partial charge on any atom is -0.433 e. The standard InChI is InChI=1S/C14H14BrFN2O2/c1-9(2)8-18-6-5-17-13(14(18)19)20-12-4-3-10(16)7-11(12)15/h3-7,9H,8H2,1-2H3. The molecule has 0 saturated carbocycles. The van der Waals surface area contributed by atoms with Crippen LogP contribution in [0.5, 0.6) is 11.6 Å². The van der Waals surface area contributed by atoms with Gasteiger partial charge in [0.15, 0.2) is 0 Å². The van der Waals surface area contributed by atoms with Gasteiger partial charge in [-0.15, -0.1) is 0 Å². The van der Waals surface area contributed by atoms with Gasteiger partial charge in [-0.25, -0.2) is 9.37 Å². The van der Waals surface area contributed by atoms with Gasteiger partial charge in [0.25, 0.3) is 5.88 Å². The molecule has 106 valence electrons. The first kappa shape index (κ1) is 14.7. The monoisotopic (exact) mass is 340 g/mol. The fraction of sp³-hybridized carbons (Fsp3) is 0.286. The van der Waals surface area contributed by atoms with Gasteiger partial charge >= 0.3 is 5.56 Å². The topological polar surface area (TPSA) is 44.1 Å². The molecule has 2 rings (SSSR count). The molecule has 0 spiro atoms. The molecule has 0 aliphatic carbocycles. The summed E-state index contributed by atoms with van der Waals surface area (Å²) in [4.78, 5) is 16.1. The molecule has 0 aliphatic heterocycles. The summed E-state index contributed by atoms with van der Waals surface area (Å²) >= 11 is 3.19. The number of hydrogen-bond donors (Lipinski definition) is 0. The van der Waals surface area contributed by atoms with Crippen LogP contribution in [-0.4, -0.2) is 9.55 Å². The first-order chi connectivity index (χ1) is 9.47. The Kier molecular flexibility index (Phi) is 4.54. The van der Waals surface area contributed by atoms with E-state index < -0.39 is 0 Å².